The summed E-state index contributed by atoms with van der Waals surface area (Å²) < 4.78 is 10.9. The lowest BCUT2D eigenvalue weighted by Gasteiger charge is -2.19. The lowest BCUT2D eigenvalue weighted by molar-refractivity contribution is 0.590. The molecule has 51 heavy (non-hydrogen) atoms. The van der Waals surface area contributed by atoms with Gasteiger partial charge in [-0.05, 0) is 82.6 Å². The highest BCUT2D eigenvalue weighted by Gasteiger charge is 2.25. The fraction of sp³-hybridized carbons (Fsp3) is 0.174. The first-order valence-electron chi connectivity index (χ1n) is 17.4. The Bertz CT molecular complexity index is 2940. The third kappa shape index (κ3) is 4.45. The summed E-state index contributed by atoms with van der Waals surface area (Å²) in [4.78, 5) is 0. The number of hydrogen-bond acceptors (Lipinski definition) is 3. The molecule has 0 atom stereocenters. The molecule has 0 spiro atoms. The molecule has 3 aromatic heterocycles. The Kier molecular flexibility index (Phi) is 6.39. The van der Waals surface area contributed by atoms with Gasteiger partial charge >= 0.3 is 0 Å². The summed E-state index contributed by atoms with van der Waals surface area (Å²) in [5.41, 5.74) is 10.3. The van der Waals surface area contributed by atoms with E-state index in [-0.39, 0.29) is 10.8 Å². The minimum absolute atomic E-state index is 0.0362. The van der Waals surface area contributed by atoms with Crippen LogP contribution in [0.2, 0.25) is 0 Å². The molecule has 3 heterocycles. The largest absolute Gasteiger partial charge is 0.455 e. The van der Waals surface area contributed by atoms with Crippen LogP contribution in [-0.2, 0) is 10.8 Å². The first-order chi connectivity index (χ1) is 24.5. The highest BCUT2D eigenvalue weighted by atomic mass is 16.3. The molecule has 0 aliphatic rings. The SMILES string of the molecule is CC(C)(C)c1ccc2c(c1)c1cc(C(C)(C)C)ccc1n2-c1cc(-n2c3ccccc3c3c4oc5ccccc5c4ccc32)c(C#N)cc1C#N. The first-order valence-corrected chi connectivity index (χ1v) is 17.4. The second-order valence-electron chi connectivity index (χ2n) is 15.7. The molecule has 0 N–H and O–H groups in total. The van der Waals surface area contributed by atoms with Gasteiger partial charge in [0, 0.05) is 26.9 Å². The molecule has 0 fully saturated rings. The minimum Gasteiger partial charge on any atom is -0.455 e. The molecule has 0 unspecified atom stereocenters. The highest BCUT2D eigenvalue weighted by molar-refractivity contribution is 6.24. The minimum atomic E-state index is -0.0362. The van der Waals surface area contributed by atoms with E-state index in [4.69, 9.17) is 4.42 Å². The Balaban J connectivity index is 1.40. The Hall–Kier alpha value is -6.30. The van der Waals surface area contributed by atoms with Crippen molar-refractivity contribution in [2.75, 3.05) is 0 Å². The number of nitriles is 2. The van der Waals surface area contributed by atoms with Gasteiger partial charge in [-0.25, -0.2) is 0 Å². The third-order valence-corrected chi connectivity index (χ3v) is 10.5. The molecule has 0 aliphatic carbocycles. The van der Waals surface area contributed by atoms with E-state index < -0.39 is 0 Å². The van der Waals surface area contributed by atoms with Gasteiger partial charge in [-0.15, -0.1) is 0 Å². The number of nitrogens with zero attached hydrogens (tertiary/aromatic N) is 4. The Morgan fingerprint density at radius 2 is 1.00 bits per heavy atom. The van der Waals surface area contributed by atoms with Crippen molar-refractivity contribution >= 4 is 65.6 Å². The molecule has 0 bridgehead atoms. The van der Waals surface area contributed by atoms with Gasteiger partial charge in [-0.1, -0.05) is 90.1 Å². The summed E-state index contributed by atoms with van der Waals surface area (Å²) in [6, 6.07) is 42.7. The number of rotatable bonds is 2. The number of fused-ring (bicyclic) bond motifs is 10. The molecule has 9 aromatic rings. The van der Waals surface area contributed by atoms with E-state index in [9.17, 15) is 10.5 Å². The lowest BCUT2D eigenvalue weighted by Crippen LogP contribution is -2.10. The Morgan fingerprint density at radius 1 is 0.490 bits per heavy atom. The average Bonchev–Trinajstić information content (AvgIpc) is 3.77. The molecular weight excluding hydrogens is 625 g/mol. The molecule has 5 nitrogen and oxygen atoms in total. The van der Waals surface area contributed by atoms with E-state index in [1.54, 1.807) is 6.07 Å². The van der Waals surface area contributed by atoms with E-state index in [0.29, 0.717) is 16.8 Å². The fourth-order valence-corrected chi connectivity index (χ4v) is 7.84. The van der Waals surface area contributed by atoms with Crippen LogP contribution < -0.4 is 0 Å². The number of para-hydroxylation sites is 2. The van der Waals surface area contributed by atoms with E-state index in [2.05, 4.69) is 130 Å². The van der Waals surface area contributed by atoms with E-state index in [1.165, 1.54) is 11.1 Å². The molecule has 0 radical (unpaired) electrons. The number of benzene rings is 6. The smallest absolute Gasteiger partial charge is 0.145 e. The zero-order chi connectivity index (χ0) is 35.4. The standard InChI is InChI=1S/C46H36N4O/c1-45(2,3)29-15-18-37-34(22-29)35-23-30(46(4,5)6)16-19-38(35)49(37)40-24-41(28(26-48)21-27(40)25-47)50-36-13-9-7-12-33(36)43-39(50)20-17-32-31-11-8-10-14-42(31)51-44(32)43/h7-24H,1-6H3. The molecular formula is C46H36N4O. The third-order valence-electron chi connectivity index (χ3n) is 10.5. The maximum absolute atomic E-state index is 10.6. The second-order valence-corrected chi connectivity index (χ2v) is 15.7. The van der Waals surface area contributed by atoms with E-state index in [0.717, 1.165) is 71.2 Å². The topological polar surface area (TPSA) is 70.6 Å². The molecule has 0 saturated carbocycles. The lowest BCUT2D eigenvalue weighted by atomic mass is 9.85. The van der Waals surface area contributed by atoms with Gasteiger partial charge in [0.05, 0.1) is 50.0 Å². The zero-order valence-corrected chi connectivity index (χ0v) is 29.6. The quantitative estimate of drug-likeness (QED) is 0.185. The molecule has 0 saturated heterocycles. The van der Waals surface area contributed by atoms with Crippen LogP contribution in [0.25, 0.3) is 76.9 Å². The van der Waals surface area contributed by atoms with E-state index >= 15 is 0 Å². The molecule has 5 heteroatoms. The predicted molar refractivity (Wildman–Crippen MR) is 209 cm³/mol. The van der Waals surface area contributed by atoms with Crippen molar-refractivity contribution in [2.45, 2.75) is 52.4 Å². The highest BCUT2D eigenvalue weighted by Crippen LogP contribution is 2.43. The van der Waals surface area contributed by atoms with Crippen LogP contribution >= 0.6 is 0 Å². The molecule has 6 aromatic carbocycles. The summed E-state index contributed by atoms with van der Waals surface area (Å²) in [6.45, 7) is 13.4. The van der Waals surface area contributed by atoms with Gasteiger partial charge in [-0.2, -0.15) is 10.5 Å². The van der Waals surface area contributed by atoms with Gasteiger partial charge in [0.25, 0.3) is 0 Å². The summed E-state index contributed by atoms with van der Waals surface area (Å²) in [5.74, 6) is 0. The number of hydrogen-bond donors (Lipinski definition) is 0. The molecule has 9 rings (SSSR count). The maximum Gasteiger partial charge on any atom is 0.145 e. The van der Waals surface area contributed by atoms with Crippen molar-refractivity contribution < 1.29 is 4.42 Å². The summed E-state index contributed by atoms with van der Waals surface area (Å²) in [6.07, 6.45) is 0. The predicted octanol–water partition coefficient (Wildman–Crippen LogP) is 12.1. The monoisotopic (exact) mass is 660 g/mol. The molecule has 0 amide bonds. The van der Waals surface area contributed by atoms with Crippen LogP contribution in [0.1, 0.15) is 63.8 Å². The number of furan rings is 1. The van der Waals surface area contributed by atoms with Crippen LogP contribution in [-0.4, -0.2) is 9.13 Å². The summed E-state index contributed by atoms with van der Waals surface area (Å²) in [5, 5.41) is 27.7. The van der Waals surface area contributed by atoms with Gasteiger partial charge in [0.2, 0.25) is 0 Å². The summed E-state index contributed by atoms with van der Waals surface area (Å²) in [7, 11) is 0. The zero-order valence-electron chi connectivity index (χ0n) is 29.6. The fourth-order valence-electron chi connectivity index (χ4n) is 7.84. The first kappa shape index (κ1) is 30.7. The Morgan fingerprint density at radius 3 is 1.59 bits per heavy atom. The number of aromatic nitrogens is 2. The van der Waals surface area contributed by atoms with Crippen molar-refractivity contribution in [3.05, 3.63) is 131 Å². The van der Waals surface area contributed by atoms with Crippen molar-refractivity contribution in [3.8, 4) is 23.5 Å². The Labute approximate surface area is 296 Å². The van der Waals surface area contributed by atoms with Crippen LogP contribution in [0, 0.1) is 22.7 Å². The van der Waals surface area contributed by atoms with Crippen LogP contribution in [0.15, 0.2) is 114 Å². The van der Waals surface area contributed by atoms with E-state index in [1.807, 2.05) is 36.4 Å². The van der Waals surface area contributed by atoms with Gasteiger partial charge in [-0.3, -0.25) is 0 Å². The van der Waals surface area contributed by atoms with Crippen molar-refractivity contribution in [3.63, 3.8) is 0 Å². The van der Waals surface area contributed by atoms with Crippen LogP contribution in [0.3, 0.4) is 0 Å². The van der Waals surface area contributed by atoms with Crippen LogP contribution in [0.5, 0.6) is 0 Å². The molecule has 246 valence electrons. The normalized spacial score (nSPS) is 12.5. The summed E-state index contributed by atoms with van der Waals surface area (Å²) >= 11 is 0. The van der Waals surface area contributed by atoms with Gasteiger partial charge in [0.1, 0.15) is 23.3 Å². The van der Waals surface area contributed by atoms with Gasteiger partial charge < -0.3 is 13.6 Å². The van der Waals surface area contributed by atoms with Gasteiger partial charge in [0.15, 0.2) is 0 Å². The molecule has 0 aliphatic heterocycles. The maximum atomic E-state index is 10.6. The average molecular weight is 661 g/mol. The second kappa shape index (κ2) is 10.6. The van der Waals surface area contributed by atoms with Crippen molar-refractivity contribution in [2.24, 2.45) is 0 Å². The van der Waals surface area contributed by atoms with Crippen molar-refractivity contribution in [1.29, 1.82) is 10.5 Å². The van der Waals surface area contributed by atoms with Crippen LogP contribution in [0.4, 0.5) is 0 Å². The van der Waals surface area contributed by atoms with Crippen molar-refractivity contribution in [1.82, 2.24) is 9.13 Å².